The Labute approximate surface area is 142 Å². The van der Waals surface area contributed by atoms with Crippen molar-refractivity contribution in [2.24, 2.45) is 0 Å². The van der Waals surface area contributed by atoms with Gasteiger partial charge in [0.1, 0.15) is 11.5 Å². The van der Waals surface area contributed by atoms with Crippen LogP contribution in [-0.4, -0.2) is 5.78 Å². The predicted molar refractivity (Wildman–Crippen MR) is 97.0 cm³/mol. The van der Waals surface area contributed by atoms with Crippen molar-refractivity contribution < 1.29 is 9.53 Å². The zero-order valence-electron chi connectivity index (χ0n) is 13.5. The second-order valence-electron chi connectivity index (χ2n) is 5.52. The van der Waals surface area contributed by atoms with Crippen LogP contribution in [-0.2, 0) is 0 Å². The molecule has 0 aliphatic carbocycles. The van der Waals surface area contributed by atoms with Crippen LogP contribution >= 0.6 is 0 Å². The van der Waals surface area contributed by atoms with E-state index in [0.29, 0.717) is 17.1 Å². The van der Waals surface area contributed by atoms with Gasteiger partial charge in [0, 0.05) is 17.2 Å². The molecular weight excluding hydrogens is 296 g/mol. The number of benzene rings is 3. The molecule has 3 aromatic rings. The van der Waals surface area contributed by atoms with Gasteiger partial charge in [-0.05, 0) is 19.1 Å². The van der Waals surface area contributed by atoms with Crippen molar-refractivity contribution >= 4 is 11.5 Å². The molecule has 0 aliphatic rings. The van der Waals surface area contributed by atoms with Gasteiger partial charge in [-0.25, -0.2) is 0 Å². The lowest BCUT2D eigenvalue weighted by Crippen LogP contribution is -2.01. The third kappa shape index (κ3) is 3.99. The minimum atomic E-state index is -0.0814. The lowest BCUT2D eigenvalue weighted by Gasteiger charge is -2.11. The molecule has 3 aromatic carbocycles. The molecule has 0 aliphatic heterocycles. The Hall–Kier alpha value is -3.13. The van der Waals surface area contributed by atoms with Crippen LogP contribution in [0.2, 0.25) is 0 Å². The first kappa shape index (κ1) is 15.8. The van der Waals surface area contributed by atoms with E-state index in [1.54, 1.807) is 18.2 Å². The average molecular weight is 314 g/mol. The van der Waals surface area contributed by atoms with E-state index in [0.717, 1.165) is 11.1 Å². The maximum absolute atomic E-state index is 12.5. The third-order valence-electron chi connectivity index (χ3n) is 3.63. The molecule has 2 nitrogen and oxygen atoms in total. The molecule has 118 valence electrons. The molecule has 2 heteroatoms. The van der Waals surface area contributed by atoms with Gasteiger partial charge >= 0.3 is 0 Å². The number of hydrogen-bond donors (Lipinski definition) is 0. The highest BCUT2D eigenvalue weighted by atomic mass is 16.5. The minimum absolute atomic E-state index is 0.0814. The maximum Gasteiger partial charge on any atom is 0.189 e. The summed E-state index contributed by atoms with van der Waals surface area (Å²) in [5.41, 5.74) is 2.67. The topological polar surface area (TPSA) is 26.3 Å². The first-order valence-corrected chi connectivity index (χ1v) is 7.83. The highest BCUT2D eigenvalue weighted by Crippen LogP contribution is 2.22. The van der Waals surface area contributed by atoms with Gasteiger partial charge in [0.15, 0.2) is 5.78 Å². The second kappa shape index (κ2) is 7.42. The summed E-state index contributed by atoms with van der Waals surface area (Å²) in [6.45, 7) is 2.03. The van der Waals surface area contributed by atoms with E-state index >= 15 is 0 Å². The molecule has 0 heterocycles. The van der Waals surface area contributed by atoms with Crippen LogP contribution in [0.3, 0.4) is 0 Å². The Morgan fingerprint density at radius 1 is 0.750 bits per heavy atom. The Bertz CT molecular complexity index is 832. The van der Waals surface area contributed by atoms with Crippen molar-refractivity contribution in [2.45, 2.75) is 6.92 Å². The van der Waals surface area contributed by atoms with Gasteiger partial charge in [-0.3, -0.25) is 4.79 Å². The number of carbonyl (C=O) groups is 1. The van der Waals surface area contributed by atoms with E-state index in [9.17, 15) is 4.79 Å². The lowest BCUT2D eigenvalue weighted by molar-refractivity contribution is 0.104. The average Bonchev–Trinajstić information content (AvgIpc) is 2.63. The van der Waals surface area contributed by atoms with Crippen molar-refractivity contribution in [3.05, 3.63) is 108 Å². The summed E-state index contributed by atoms with van der Waals surface area (Å²) >= 11 is 0. The van der Waals surface area contributed by atoms with Gasteiger partial charge in [0.2, 0.25) is 0 Å². The number of hydrogen-bond acceptors (Lipinski definition) is 2. The van der Waals surface area contributed by atoms with Crippen LogP contribution in [0, 0.1) is 6.92 Å². The Balaban J connectivity index is 1.96. The summed E-state index contributed by atoms with van der Waals surface area (Å²) in [4.78, 5) is 12.5. The number of aryl methyl sites for hydroxylation is 1. The molecule has 0 atom stereocenters. The number of carbonyl (C=O) groups excluding carboxylic acids is 1. The summed E-state index contributed by atoms with van der Waals surface area (Å²) in [7, 11) is 0. The zero-order valence-corrected chi connectivity index (χ0v) is 13.5. The number of para-hydroxylation sites is 1. The van der Waals surface area contributed by atoms with E-state index in [1.807, 2.05) is 79.7 Å². The third-order valence-corrected chi connectivity index (χ3v) is 3.63. The summed E-state index contributed by atoms with van der Waals surface area (Å²) in [6.07, 6.45) is 1.55. The molecule has 0 N–H and O–H groups in total. The molecule has 0 aromatic heterocycles. The quantitative estimate of drug-likeness (QED) is 0.363. The van der Waals surface area contributed by atoms with Crippen molar-refractivity contribution in [1.29, 1.82) is 0 Å². The first-order valence-electron chi connectivity index (χ1n) is 7.83. The summed E-state index contributed by atoms with van der Waals surface area (Å²) in [6, 6.07) is 26.6. The number of rotatable bonds is 5. The molecular formula is C22H18O2. The molecule has 0 spiro atoms. The molecule has 0 unspecified atom stereocenters. The SMILES string of the molecule is Cc1ccc(/C(=C\C(=O)c2ccccc2)Oc2ccccc2)cc1. The van der Waals surface area contributed by atoms with E-state index in [1.165, 1.54) is 0 Å². The molecule has 0 saturated heterocycles. The predicted octanol–water partition coefficient (Wildman–Crippen LogP) is 5.30. The first-order chi connectivity index (χ1) is 11.7. The van der Waals surface area contributed by atoms with E-state index in [4.69, 9.17) is 4.74 Å². The van der Waals surface area contributed by atoms with Crippen molar-refractivity contribution in [3.63, 3.8) is 0 Å². The molecule has 0 radical (unpaired) electrons. The van der Waals surface area contributed by atoms with E-state index in [-0.39, 0.29) is 5.78 Å². The van der Waals surface area contributed by atoms with Crippen LogP contribution in [0.1, 0.15) is 21.5 Å². The van der Waals surface area contributed by atoms with Crippen molar-refractivity contribution in [2.75, 3.05) is 0 Å². The molecule has 24 heavy (non-hydrogen) atoms. The molecule has 0 fully saturated rings. The van der Waals surface area contributed by atoms with Gasteiger partial charge in [-0.2, -0.15) is 0 Å². The minimum Gasteiger partial charge on any atom is -0.457 e. The second-order valence-corrected chi connectivity index (χ2v) is 5.52. The van der Waals surface area contributed by atoms with E-state index < -0.39 is 0 Å². The Morgan fingerprint density at radius 2 is 1.33 bits per heavy atom. The van der Waals surface area contributed by atoms with Crippen LogP contribution < -0.4 is 4.74 Å². The smallest absolute Gasteiger partial charge is 0.189 e. The maximum atomic E-state index is 12.5. The monoisotopic (exact) mass is 314 g/mol. The zero-order chi connectivity index (χ0) is 16.8. The summed E-state index contributed by atoms with van der Waals surface area (Å²) < 4.78 is 5.97. The number of ketones is 1. The molecule has 0 amide bonds. The normalized spacial score (nSPS) is 11.1. The van der Waals surface area contributed by atoms with Gasteiger partial charge in [-0.1, -0.05) is 78.4 Å². The fraction of sp³-hybridized carbons (Fsp3) is 0.0455. The van der Waals surface area contributed by atoms with Gasteiger partial charge in [0.05, 0.1) is 0 Å². The summed E-state index contributed by atoms with van der Waals surface area (Å²) in [5.74, 6) is 1.15. The fourth-order valence-corrected chi connectivity index (χ4v) is 2.31. The van der Waals surface area contributed by atoms with Crippen LogP contribution in [0.5, 0.6) is 5.75 Å². The number of allylic oxidation sites excluding steroid dienone is 1. The highest BCUT2D eigenvalue weighted by Gasteiger charge is 2.09. The van der Waals surface area contributed by atoms with E-state index in [2.05, 4.69) is 0 Å². The highest BCUT2D eigenvalue weighted by molar-refractivity contribution is 6.08. The molecule has 0 saturated carbocycles. The van der Waals surface area contributed by atoms with Crippen LogP contribution in [0.25, 0.3) is 5.76 Å². The van der Waals surface area contributed by atoms with Gasteiger partial charge < -0.3 is 4.74 Å². The largest absolute Gasteiger partial charge is 0.457 e. The molecule has 0 bridgehead atoms. The summed E-state index contributed by atoms with van der Waals surface area (Å²) in [5, 5.41) is 0. The van der Waals surface area contributed by atoms with Crippen molar-refractivity contribution in [1.82, 2.24) is 0 Å². The number of ether oxygens (including phenoxy) is 1. The Morgan fingerprint density at radius 3 is 1.96 bits per heavy atom. The van der Waals surface area contributed by atoms with Crippen LogP contribution in [0.4, 0.5) is 0 Å². The lowest BCUT2D eigenvalue weighted by atomic mass is 10.1. The standard InChI is InChI=1S/C22H18O2/c1-17-12-14-19(15-13-17)22(24-20-10-6-3-7-11-20)16-21(23)18-8-4-2-5-9-18/h2-16H,1H3/b22-16+. The van der Waals surface area contributed by atoms with Gasteiger partial charge in [0.25, 0.3) is 0 Å². The molecule has 3 rings (SSSR count). The van der Waals surface area contributed by atoms with Crippen molar-refractivity contribution in [3.8, 4) is 5.75 Å². The fourth-order valence-electron chi connectivity index (χ4n) is 2.31. The van der Waals surface area contributed by atoms with Crippen LogP contribution in [0.15, 0.2) is 91.0 Å². The van der Waals surface area contributed by atoms with Gasteiger partial charge in [-0.15, -0.1) is 0 Å². The Kier molecular flexibility index (Phi) is 4.87.